The van der Waals surface area contributed by atoms with Crippen molar-refractivity contribution < 1.29 is 0 Å². The van der Waals surface area contributed by atoms with Gasteiger partial charge in [0.1, 0.15) is 0 Å². The molecule has 1 aromatic rings. The first kappa shape index (κ1) is 12.8. The first-order chi connectivity index (χ1) is 8.29. The van der Waals surface area contributed by atoms with Crippen molar-refractivity contribution in [3.8, 4) is 0 Å². The van der Waals surface area contributed by atoms with E-state index in [1.54, 1.807) is 11.3 Å². The van der Waals surface area contributed by atoms with Gasteiger partial charge in [0.15, 0.2) is 0 Å². The molecular weight excluding hydrogens is 228 g/mol. The van der Waals surface area contributed by atoms with Crippen LogP contribution in [0.25, 0.3) is 6.08 Å². The summed E-state index contributed by atoms with van der Waals surface area (Å²) in [5, 5.41) is 6.62. The van der Waals surface area contributed by atoms with Crippen molar-refractivity contribution in [2.75, 3.05) is 13.6 Å². The molecule has 0 aromatic carbocycles. The molecule has 0 spiro atoms. The zero-order valence-electron chi connectivity index (χ0n) is 10.8. The van der Waals surface area contributed by atoms with E-state index in [-0.39, 0.29) is 0 Å². The van der Waals surface area contributed by atoms with Crippen LogP contribution in [-0.2, 0) is 0 Å². The topological polar surface area (TPSA) is 24.9 Å². The molecule has 1 N–H and O–H groups in total. The molecule has 0 saturated heterocycles. The van der Waals surface area contributed by atoms with Crippen molar-refractivity contribution in [2.45, 2.75) is 39.0 Å². The van der Waals surface area contributed by atoms with Crippen LogP contribution in [0.2, 0.25) is 0 Å². The monoisotopic (exact) mass is 250 g/mol. The van der Waals surface area contributed by atoms with E-state index in [0.29, 0.717) is 0 Å². The van der Waals surface area contributed by atoms with Gasteiger partial charge in [-0.25, -0.2) is 4.98 Å². The van der Waals surface area contributed by atoms with Crippen molar-refractivity contribution in [2.24, 2.45) is 5.92 Å². The Kier molecular flexibility index (Phi) is 4.75. The maximum Gasteiger partial charge on any atom is 0.0901 e. The molecule has 3 heteroatoms. The Morgan fingerprint density at radius 2 is 2.24 bits per heavy atom. The molecular formula is C14H22N2S. The summed E-state index contributed by atoms with van der Waals surface area (Å²) in [7, 11) is 2.03. The van der Waals surface area contributed by atoms with Crippen LogP contribution in [-0.4, -0.2) is 18.6 Å². The summed E-state index contributed by atoms with van der Waals surface area (Å²) in [6.45, 7) is 3.07. The molecule has 1 aliphatic carbocycles. The van der Waals surface area contributed by atoms with Crippen molar-refractivity contribution >= 4 is 17.4 Å². The van der Waals surface area contributed by atoms with Gasteiger partial charge in [0.05, 0.1) is 10.7 Å². The molecule has 0 unspecified atom stereocenters. The normalized spacial score (nSPS) is 18.6. The Balaban J connectivity index is 2.12. The molecule has 2 rings (SSSR count). The van der Waals surface area contributed by atoms with E-state index in [4.69, 9.17) is 0 Å². The third kappa shape index (κ3) is 3.65. The minimum atomic E-state index is 0.776. The van der Waals surface area contributed by atoms with Crippen LogP contribution in [0.1, 0.15) is 42.8 Å². The molecule has 0 amide bonds. The van der Waals surface area contributed by atoms with Gasteiger partial charge in [0.25, 0.3) is 0 Å². The standard InChI is InChI=1S/C14H22N2S/c1-11-16-14(10-17-11)8-13(9-15-2)12-6-4-3-5-7-12/h8,10,12,15H,3-7,9H2,1-2H3. The second kappa shape index (κ2) is 6.31. The minimum absolute atomic E-state index is 0.776. The van der Waals surface area contributed by atoms with Gasteiger partial charge >= 0.3 is 0 Å². The molecule has 0 bridgehead atoms. The molecule has 0 atom stereocenters. The van der Waals surface area contributed by atoms with E-state index in [9.17, 15) is 0 Å². The van der Waals surface area contributed by atoms with Crippen LogP contribution in [0, 0.1) is 12.8 Å². The van der Waals surface area contributed by atoms with Crippen molar-refractivity contribution in [1.82, 2.24) is 10.3 Å². The molecule has 1 heterocycles. The molecule has 0 aliphatic heterocycles. The van der Waals surface area contributed by atoms with Gasteiger partial charge in [-0.1, -0.05) is 24.8 Å². The maximum absolute atomic E-state index is 4.54. The Hall–Kier alpha value is -0.670. The Labute approximate surface area is 108 Å². The van der Waals surface area contributed by atoms with Crippen LogP contribution in [0.5, 0.6) is 0 Å². The Morgan fingerprint density at radius 3 is 2.82 bits per heavy atom. The summed E-state index contributed by atoms with van der Waals surface area (Å²) in [4.78, 5) is 4.54. The van der Waals surface area contributed by atoms with Crippen LogP contribution < -0.4 is 5.32 Å². The molecule has 2 nitrogen and oxygen atoms in total. The van der Waals surface area contributed by atoms with Crippen molar-refractivity contribution in [3.05, 3.63) is 21.7 Å². The minimum Gasteiger partial charge on any atom is -0.316 e. The molecule has 1 fully saturated rings. The first-order valence-electron chi connectivity index (χ1n) is 6.57. The van der Waals surface area contributed by atoms with Gasteiger partial charge in [-0.15, -0.1) is 11.3 Å². The van der Waals surface area contributed by atoms with Crippen LogP contribution in [0.4, 0.5) is 0 Å². The summed E-state index contributed by atoms with van der Waals surface area (Å²) in [5.74, 6) is 0.776. The number of aromatic nitrogens is 1. The van der Waals surface area contributed by atoms with Gasteiger partial charge in [-0.05, 0) is 38.8 Å². The lowest BCUT2D eigenvalue weighted by molar-refractivity contribution is 0.398. The fourth-order valence-electron chi connectivity index (χ4n) is 2.63. The number of thiazole rings is 1. The van der Waals surface area contributed by atoms with Gasteiger partial charge < -0.3 is 5.32 Å². The number of nitrogens with one attached hydrogen (secondary N) is 1. The fraction of sp³-hybridized carbons (Fsp3) is 0.643. The average Bonchev–Trinajstić information content (AvgIpc) is 2.75. The van der Waals surface area contributed by atoms with E-state index in [0.717, 1.165) is 23.2 Å². The van der Waals surface area contributed by atoms with Gasteiger partial charge in [0.2, 0.25) is 0 Å². The lowest BCUT2D eigenvalue weighted by Crippen LogP contribution is -2.19. The van der Waals surface area contributed by atoms with E-state index < -0.39 is 0 Å². The third-order valence-electron chi connectivity index (χ3n) is 3.48. The smallest absolute Gasteiger partial charge is 0.0901 e. The molecule has 94 valence electrons. The predicted molar refractivity (Wildman–Crippen MR) is 75.3 cm³/mol. The number of nitrogens with zero attached hydrogens (tertiary/aromatic N) is 1. The van der Waals surface area contributed by atoms with E-state index in [1.807, 2.05) is 7.05 Å². The average molecular weight is 250 g/mol. The summed E-state index contributed by atoms with van der Waals surface area (Å²) >= 11 is 1.74. The second-order valence-corrected chi connectivity index (χ2v) is 5.94. The zero-order valence-corrected chi connectivity index (χ0v) is 11.6. The summed E-state index contributed by atoms with van der Waals surface area (Å²) in [6, 6.07) is 0. The summed E-state index contributed by atoms with van der Waals surface area (Å²) in [6.07, 6.45) is 9.21. The summed E-state index contributed by atoms with van der Waals surface area (Å²) in [5.41, 5.74) is 2.68. The molecule has 17 heavy (non-hydrogen) atoms. The van der Waals surface area contributed by atoms with Gasteiger partial charge in [-0.2, -0.15) is 0 Å². The van der Waals surface area contributed by atoms with E-state index >= 15 is 0 Å². The Morgan fingerprint density at radius 1 is 1.47 bits per heavy atom. The molecule has 0 radical (unpaired) electrons. The SMILES string of the molecule is CNCC(=Cc1csc(C)n1)C1CCCCC1. The van der Waals surface area contributed by atoms with Gasteiger partial charge in [-0.3, -0.25) is 0 Å². The number of likely N-dealkylation sites (N-methyl/N-ethyl adjacent to an activating group) is 1. The number of hydrogen-bond donors (Lipinski definition) is 1. The maximum atomic E-state index is 4.54. The third-order valence-corrected chi connectivity index (χ3v) is 4.27. The fourth-order valence-corrected chi connectivity index (χ4v) is 3.20. The van der Waals surface area contributed by atoms with Gasteiger partial charge in [0, 0.05) is 11.9 Å². The predicted octanol–water partition coefficient (Wildman–Crippen LogP) is 3.63. The highest BCUT2D eigenvalue weighted by Gasteiger charge is 2.17. The highest BCUT2D eigenvalue weighted by molar-refractivity contribution is 7.09. The number of rotatable bonds is 4. The quantitative estimate of drug-likeness (QED) is 0.882. The Bertz CT molecular complexity index is 375. The largest absolute Gasteiger partial charge is 0.316 e. The van der Waals surface area contributed by atoms with Crippen LogP contribution in [0.15, 0.2) is 11.0 Å². The first-order valence-corrected chi connectivity index (χ1v) is 7.44. The molecule has 1 aromatic heterocycles. The number of aryl methyl sites for hydroxylation is 1. The lowest BCUT2D eigenvalue weighted by atomic mass is 9.83. The highest BCUT2D eigenvalue weighted by atomic mass is 32.1. The number of hydrogen-bond acceptors (Lipinski definition) is 3. The van der Waals surface area contributed by atoms with Crippen LogP contribution in [0.3, 0.4) is 0 Å². The van der Waals surface area contributed by atoms with Crippen molar-refractivity contribution in [1.29, 1.82) is 0 Å². The zero-order chi connectivity index (χ0) is 12.1. The highest BCUT2D eigenvalue weighted by Crippen LogP contribution is 2.30. The summed E-state index contributed by atoms with van der Waals surface area (Å²) < 4.78 is 0. The molecule has 1 aliphatic rings. The van der Waals surface area contributed by atoms with Crippen molar-refractivity contribution in [3.63, 3.8) is 0 Å². The lowest BCUT2D eigenvalue weighted by Gasteiger charge is -2.24. The second-order valence-electron chi connectivity index (χ2n) is 4.88. The van der Waals surface area contributed by atoms with E-state index in [1.165, 1.54) is 37.7 Å². The van der Waals surface area contributed by atoms with E-state index in [2.05, 4.69) is 28.7 Å². The van der Waals surface area contributed by atoms with Crippen LogP contribution >= 0.6 is 11.3 Å². The molecule has 1 saturated carbocycles.